The Morgan fingerprint density at radius 2 is 1.95 bits per heavy atom. The molecule has 0 saturated heterocycles. The van der Waals surface area contributed by atoms with E-state index >= 15 is 0 Å². The molecule has 2 heterocycles. The third-order valence-electron chi connectivity index (χ3n) is 3.75. The standard InChI is InChI=1S/C15H19N3S/c1-17-8-9-18(13-6-3-2-5-12(13)17)14(11-16)15-7-4-10-19-15/h2-7,10,14H,8-9,11,16H2,1H3. The number of fused-ring (bicyclic) bond motifs is 1. The average Bonchev–Trinajstić information content (AvgIpc) is 2.96. The second kappa shape index (κ2) is 5.23. The largest absolute Gasteiger partial charge is 0.371 e. The normalized spacial score (nSPS) is 16.3. The molecule has 1 unspecified atom stereocenters. The number of nitrogens with zero attached hydrogens (tertiary/aromatic N) is 2. The van der Waals surface area contributed by atoms with Gasteiger partial charge >= 0.3 is 0 Å². The molecule has 2 N–H and O–H groups in total. The molecule has 4 heteroatoms. The highest BCUT2D eigenvalue weighted by atomic mass is 32.1. The lowest BCUT2D eigenvalue weighted by molar-refractivity contribution is 0.618. The van der Waals surface area contributed by atoms with Crippen molar-refractivity contribution < 1.29 is 0 Å². The van der Waals surface area contributed by atoms with Gasteiger partial charge in [-0.25, -0.2) is 0 Å². The first-order valence-electron chi connectivity index (χ1n) is 6.61. The molecule has 0 fully saturated rings. The van der Waals surface area contributed by atoms with E-state index < -0.39 is 0 Å². The van der Waals surface area contributed by atoms with Crippen LogP contribution in [-0.2, 0) is 0 Å². The Balaban J connectivity index is 1.99. The highest BCUT2D eigenvalue weighted by Crippen LogP contribution is 2.37. The first-order valence-corrected chi connectivity index (χ1v) is 7.49. The maximum Gasteiger partial charge on any atom is 0.0758 e. The number of hydrogen-bond donors (Lipinski definition) is 1. The minimum absolute atomic E-state index is 0.287. The number of para-hydroxylation sites is 2. The van der Waals surface area contributed by atoms with Gasteiger partial charge in [0.2, 0.25) is 0 Å². The van der Waals surface area contributed by atoms with E-state index in [-0.39, 0.29) is 6.04 Å². The zero-order chi connectivity index (χ0) is 13.2. The van der Waals surface area contributed by atoms with Crippen molar-refractivity contribution in [2.45, 2.75) is 6.04 Å². The van der Waals surface area contributed by atoms with Crippen molar-refractivity contribution in [2.24, 2.45) is 5.73 Å². The quantitative estimate of drug-likeness (QED) is 0.933. The summed E-state index contributed by atoms with van der Waals surface area (Å²) in [5.41, 5.74) is 8.62. The van der Waals surface area contributed by atoms with Crippen LogP contribution in [0.1, 0.15) is 10.9 Å². The first kappa shape index (κ1) is 12.5. The molecule has 0 aliphatic carbocycles. The van der Waals surface area contributed by atoms with Crippen molar-refractivity contribution in [3.05, 3.63) is 46.7 Å². The fourth-order valence-corrected chi connectivity index (χ4v) is 3.58. The van der Waals surface area contributed by atoms with Gasteiger partial charge in [-0.1, -0.05) is 18.2 Å². The number of rotatable bonds is 3. The number of benzene rings is 1. The van der Waals surface area contributed by atoms with Crippen LogP contribution in [0.3, 0.4) is 0 Å². The van der Waals surface area contributed by atoms with Crippen molar-refractivity contribution >= 4 is 22.7 Å². The van der Waals surface area contributed by atoms with Crippen LogP contribution in [0.5, 0.6) is 0 Å². The Morgan fingerprint density at radius 3 is 2.63 bits per heavy atom. The molecular formula is C15H19N3S. The highest BCUT2D eigenvalue weighted by Gasteiger charge is 2.26. The molecule has 0 amide bonds. The van der Waals surface area contributed by atoms with E-state index in [1.165, 1.54) is 16.3 Å². The summed E-state index contributed by atoms with van der Waals surface area (Å²) in [7, 11) is 2.15. The molecule has 100 valence electrons. The number of likely N-dealkylation sites (N-methyl/N-ethyl adjacent to an activating group) is 1. The summed E-state index contributed by atoms with van der Waals surface area (Å²) < 4.78 is 0. The summed E-state index contributed by atoms with van der Waals surface area (Å²) in [6.07, 6.45) is 0. The Labute approximate surface area is 118 Å². The summed E-state index contributed by atoms with van der Waals surface area (Å²) in [4.78, 5) is 6.11. The number of thiophene rings is 1. The SMILES string of the molecule is CN1CCN(C(CN)c2cccs2)c2ccccc21. The van der Waals surface area contributed by atoms with E-state index in [9.17, 15) is 0 Å². The molecule has 1 aliphatic rings. The summed E-state index contributed by atoms with van der Waals surface area (Å²) >= 11 is 1.79. The Bertz CT molecular complexity index is 538. The summed E-state index contributed by atoms with van der Waals surface area (Å²) in [5.74, 6) is 0. The van der Waals surface area contributed by atoms with Crippen LogP contribution in [-0.4, -0.2) is 26.7 Å². The second-order valence-corrected chi connectivity index (χ2v) is 5.85. The van der Waals surface area contributed by atoms with E-state index in [1.807, 2.05) is 0 Å². The van der Waals surface area contributed by atoms with E-state index in [4.69, 9.17) is 5.73 Å². The third-order valence-corrected chi connectivity index (χ3v) is 4.72. The van der Waals surface area contributed by atoms with Crippen LogP contribution >= 0.6 is 11.3 Å². The fourth-order valence-electron chi connectivity index (χ4n) is 2.73. The van der Waals surface area contributed by atoms with Gasteiger partial charge in [-0.3, -0.25) is 0 Å². The average molecular weight is 273 g/mol. The van der Waals surface area contributed by atoms with Gasteiger partial charge < -0.3 is 15.5 Å². The summed E-state index contributed by atoms with van der Waals surface area (Å²) in [5, 5.41) is 2.12. The van der Waals surface area contributed by atoms with Crippen LogP contribution in [0.2, 0.25) is 0 Å². The molecule has 3 rings (SSSR count). The van der Waals surface area contributed by atoms with Crippen molar-refractivity contribution in [3.8, 4) is 0 Å². The Kier molecular flexibility index (Phi) is 3.44. The highest BCUT2D eigenvalue weighted by molar-refractivity contribution is 7.10. The second-order valence-electron chi connectivity index (χ2n) is 4.87. The lowest BCUT2D eigenvalue weighted by Gasteiger charge is -2.41. The molecule has 0 radical (unpaired) electrons. The van der Waals surface area contributed by atoms with Gasteiger partial charge in [-0.2, -0.15) is 0 Å². The smallest absolute Gasteiger partial charge is 0.0758 e. The molecule has 19 heavy (non-hydrogen) atoms. The third kappa shape index (κ3) is 2.22. The fraction of sp³-hybridized carbons (Fsp3) is 0.333. The molecular weight excluding hydrogens is 254 g/mol. The van der Waals surface area contributed by atoms with Crippen molar-refractivity contribution in [1.82, 2.24) is 0 Å². The molecule has 1 aromatic carbocycles. The van der Waals surface area contributed by atoms with Gasteiger partial charge in [0.05, 0.1) is 17.4 Å². The van der Waals surface area contributed by atoms with Gasteiger partial charge in [0.25, 0.3) is 0 Å². The molecule has 2 aromatic rings. The Hall–Kier alpha value is -1.52. The molecule has 0 spiro atoms. The van der Waals surface area contributed by atoms with Crippen LogP contribution in [0.25, 0.3) is 0 Å². The molecule has 3 nitrogen and oxygen atoms in total. The van der Waals surface area contributed by atoms with Crippen molar-refractivity contribution in [1.29, 1.82) is 0 Å². The van der Waals surface area contributed by atoms with E-state index in [1.54, 1.807) is 11.3 Å². The molecule has 0 bridgehead atoms. The first-order chi connectivity index (χ1) is 9.31. The number of nitrogens with two attached hydrogens (primary N) is 1. The van der Waals surface area contributed by atoms with E-state index in [0.29, 0.717) is 6.54 Å². The van der Waals surface area contributed by atoms with Crippen LogP contribution < -0.4 is 15.5 Å². The predicted octanol–water partition coefficient (Wildman–Crippen LogP) is 2.70. The molecule has 1 aliphatic heterocycles. The van der Waals surface area contributed by atoms with Crippen LogP contribution in [0, 0.1) is 0 Å². The Morgan fingerprint density at radius 1 is 1.16 bits per heavy atom. The van der Waals surface area contributed by atoms with Gasteiger partial charge in [0, 0.05) is 31.6 Å². The van der Waals surface area contributed by atoms with Crippen LogP contribution in [0.15, 0.2) is 41.8 Å². The van der Waals surface area contributed by atoms with Gasteiger partial charge in [-0.15, -0.1) is 11.3 Å². The van der Waals surface area contributed by atoms with Crippen LogP contribution in [0.4, 0.5) is 11.4 Å². The zero-order valence-electron chi connectivity index (χ0n) is 11.1. The van der Waals surface area contributed by atoms with Crippen molar-refractivity contribution in [2.75, 3.05) is 36.5 Å². The summed E-state index contributed by atoms with van der Waals surface area (Å²) in [6, 6.07) is 13.2. The monoisotopic (exact) mass is 273 g/mol. The van der Waals surface area contributed by atoms with Crippen molar-refractivity contribution in [3.63, 3.8) is 0 Å². The minimum atomic E-state index is 0.287. The van der Waals surface area contributed by atoms with Gasteiger partial charge in [-0.05, 0) is 23.6 Å². The maximum atomic E-state index is 6.04. The minimum Gasteiger partial charge on any atom is -0.371 e. The zero-order valence-corrected chi connectivity index (χ0v) is 11.9. The van der Waals surface area contributed by atoms with E-state index in [0.717, 1.165) is 13.1 Å². The lowest BCUT2D eigenvalue weighted by atomic mass is 10.1. The number of hydrogen-bond acceptors (Lipinski definition) is 4. The number of anilines is 2. The summed E-state index contributed by atoms with van der Waals surface area (Å²) in [6.45, 7) is 2.71. The molecule has 0 saturated carbocycles. The van der Waals surface area contributed by atoms with E-state index in [2.05, 4.69) is 58.6 Å². The molecule has 1 atom stereocenters. The maximum absolute atomic E-state index is 6.04. The van der Waals surface area contributed by atoms with Gasteiger partial charge in [0.1, 0.15) is 0 Å². The van der Waals surface area contributed by atoms with Gasteiger partial charge in [0.15, 0.2) is 0 Å². The molecule has 1 aromatic heterocycles. The topological polar surface area (TPSA) is 32.5 Å². The predicted molar refractivity (Wildman–Crippen MR) is 83.2 cm³/mol. The lowest BCUT2D eigenvalue weighted by Crippen LogP contribution is -2.43.